The molecule has 1 amide bonds. The van der Waals surface area contributed by atoms with Crippen LogP contribution in [0.5, 0.6) is 0 Å². The van der Waals surface area contributed by atoms with Gasteiger partial charge < -0.3 is 5.32 Å². The van der Waals surface area contributed by atoms with E-state index < -0.39 is 4.92 Å². The van der Waals surface area contributed by atoms with Crippen molar-refractivity contribution in [2.75, 3.05) is 5.32 Å². The second-order valence-corrected chi connectivity index (χ2v) is 6.98. The van der Waals surface area contributed by atoms with Crippen LogP contribution in [0.4, 0.5) is 11.4 Å². The fourth-order valence-electron chi connectivity index (χ4n) is 3.36. The third kappa shape index (κ3) is 4.19. The average Bonchev–Trinajstić information content (AvgIpc) is 3.32. The van der Waals surface area contributed by atoms with Gasteiger partial charge in [0.15, 0.2) is 0 Å². The molecule has 2 aromatic heterocycles. The standard InChI is InChI=1S/C21H20N6O3/c1-15-20(27(29)30)14-25(24-15)10-9-21(28)23-18-11-22-26(13-18)12-17-7-4-6-16-5-2-3-8-19(16)17/h2-8,11,13-14H,9-10,12H2,1H3,(H,23,28). The molecule has 0 unspecified atom stereocenters. The summed E-state index contributed by atoms with van der Waals surface area (Å²) in [5, 5.41) is 24.4. The summed E-state index contributed by atoms with van der Waals surface area (Å²) in [6.45, 7) is 2.41. The van der Waals surface area contributed by atoms with Crippen molar-refractivity contribution in [2.24, 2.45) is 0 Å². The van der Waals surface area contributed by atoms with Crippen LogP contribution in [-0.4, -0.2) is 30.4 Å². The summed E-state index contributed by atoms with van der Waals surface area (Å²) in [6.07, 6.45) is 4.87. The molecule has 0 saturated heterocycles. The number of amides is 1. The first-order valence-electron chi connectivity index (χ1n) is 9.47. The Labute approximate surface area is 172 Å². The lowest BCUT2D eigenvalue weighted by Gasteiger charge is -2.06. The van der Waals surface area contributed by atoms with Gasteiger partial charge in [-0.05, 0) is 23.3 Å². The summed E-state index contributed by atoms with van der Waals surface area (Å²) < 4.78 is 3.19. The molecular weight excluding hydrogens is 384 g/mol. The molecule has 2 heterocycles. The average molecular weight is 404 g/mol. The monoisotopic (exact) mass is 404 g/mol. The van der Waals surface area contributed by atoms with Gasteiger partial charge in [0.1, 0.15) is 11.9 Å². The smallest absolute Gasteiger partial charge is 0.309 e. The lowest BCUT2D eigenvalue weighted by molar-refractivity contribution is -0.385. The van der Waals surface area contributed by atoms with Crippen LogP contribution >= 0.6 is 0 Å². The molecule has 1 N–H and O–H groups in total. The number of hydrogen-bond acceptors (Lipinski definition) is 5. The zero-order valence-electron chi connectivity index (χ0n) is 16.4. The highest BCUT2D eigenvalue weighted by molar-refractivity contribution is 5.90. The highest BCUT2D eigenvalue weighted by Gasteiger charge is 2.15. The third-order valence-electron chi connectivity index (χ3n) is 4.81. The van der Waals surface area contributed by atoms with Gasteiger partial charge in [-0.25, -0.2) is 0 Å². The molecule has 0 aliphatic carbocycles. The Morgan fingerprint density at radius 3 is 2.73 bits per heavy atom. The summed E-state index contributed by atoms with van der Waals surface area (Å²) in [5.74, 6) is -0.212. The minimum atomic E-state index is -0.483. The SMILES string of the molecule is Cc1nn(CCC(=O)Nc2cnn(Cc3cccc4ccccc34)c2)cc1[N+](=O)[O-]. The zero-order chi connectivity index (χ0) is 21.1. The molecule has 0 radical (unpaired) electrons. The second kappa shape index (κ2) is 8.16. The van der Waals surface area contributed by atoms with Crippen molar-refractivity contribution in [2.45, 2.75) is 26.4 Å². The maximum atomic E-state index is 12.2. The Morgan fingerprint density at radius 2 is 1.93 bits per heavy atom. The number of nitrogens with zero attached hydrogens (tertiary/aromatic N) is 5. The van der Waals surface area contributed by atoms with Crippen LogP contribution in [0.1, 0.15) is 17.7 Å². The number of carbonyl (C=O) groups excluding carboxylic acids is 1. The normalized spacial score (nSPS) is 11.0. The van der Waals surface area contributed by atoms with Crippen LogP contribution in [0.2, 0.25) is 0 Å². The summed E-state index contributed by atoms with van der Waals surface area (Å²) in [7, 11) is 0. The van der Waals surface area contributed by atoms with Gasteiger partial charge in [0.25, 0.3) is 0 Å². The van der Waals surface area contributed by atoms with E-state index >= 15 is 0 Å². The van der Waals surface area contributed by atoms with Crippen molar-refractivity contribution in [1.82, 2.24) is 19.6 Å². The molecule has 0 aliphatic heterocycles. The van der Waals surface area contributed by atoms with Gasteiger partial charge in [-0.3, -0.25) is 24.3 Å². The Morgan fingerprint density at radius 1 is 1.13 bits per heavy atom. The minimum Gasteiger partial charge on any atom is -0.323 e. The van der Waals surface area contributed by atoms with Crippen LogP contribution in [0, 0.1) is 17.0 Å². The van der Waals surface area contributed by atoms with E-state index in [1.807, 2.05) is 18.2 Å². The zero-order valence-corrected chi connectivity index (χ0v) is 16.4. The molecule has 0 atom stereocenters. The molecule has 0 fully saturated rings. The molecule has 0 spiro atoms. The number of nitrogens with one attached hydrogen (secondary N) is 1. The van der Waals surface area contributed by atoms with Crippen LogP contribution in [0.15, 0.2) is 61.1 Å². The van der Waals surface area contributed by atoms with Gasteiger partial charge in [-0.1, -0.05) is 42.5 Å². The first-order valence-corrected chi connectivity index (χ1v) is 9.47. The number of benzene rings is 2. The summed E-state index contributed by atoms with van der Waals surface area (Å²) >= 11 is 0. The van der Waals surface area contributed by atoms with Gasteiger partial charge in [-0.2, -0.15) is 10.2 Å². The fraction of sp³-hybridized carbons (Fsp3) is 0.190. The molecule has 9 heteroatoms. The van der Waals surface area contributed by atoms with Gasteiger partial charge in [0, 0.05) is 19.2 Å². The molecule has 9 nitrogen and oxygen atoms in total. The van der Waals surface area contributed by atoms with Crippen LogP contribution in [0.25, 0.3) is 10.8 Å². The first kappa shape index (κ1) is 19.3. The topological polar surface area (TPSA) is 108 Å². The van der Waals surface area contributed by atoms with E-state index in [1.165, 1.54) is 21.7 Å². The van der Waals surface area contributed by atoms with Gasteiger partial charge in [0.2, 0.25) is 5.91 Å². The number of fused-ring (bicyclic) bond motifs is 1. The van der Waals surface area contributed by atoms with E-state index in [9.17, 15) is 14.9 Å². The molecule has 30 heavy (non-hydrogen) atoms. The Hall–Kier alpha value is -4.01. The van der Waals surface area contributed by atoms with E-state index in [-0.39, 0.29) is 24.6 Å². The molecule has 152 valence electrons. The first-order chi connectivity index (χ1) is 14.5. The molecule has 4 rings (SSSR count). The minimum absolute atomic E-state index is 0.0508. The summed E-state index contributed by atoms with van der Waals surface area (Å²) in [4.78, 5) is 22.6. The number of aryl methyl sites for hydroxylation is 2. The predicted molar refractivity (Wildman–Crippen MR) is 112 cm³/mol. The van der Waals surface area contributed by atoms with Crippen LogP contribution in [0.3, 0.4) is 0 Å². The van der Waals surface area contributed by atoms with Crippen molar-refractivity contribution in [3.05, 3.63) is 82.4 Å². The molecule has 2 aromatic carbocycles. The summed E-state index contributed by atoms with van der Waals surface area (Å²) in [6, 6.07) is 14.3. The largest absolute Gasteiger partial charge is 0.323 e. The van der Waals surface area contributed by atoms with Crippen molar-refractivity contribution < 1.29 is 9.72 Å². The number of hydrogen-bond donors (Lipinski definition) is 1. The maximum Gasteiger partial charge on any atom is 0.309 e. The molecule has 0 aliphatic rings. The van der Waals surface area contributed by atoms with Gasteiger partial charge >= 0.3 is 5.69 Å². The second-order valence-electron chi connectivity index (χ2n) is 6.98. The number of rotatable bonds is 7. The Balaban J connectivity index is 1.36. The lowest BCUT2D eigenvalue weighted by atomic mass is 10.0. The van der Waals surface area contributed by atoms with E-state index in [0.717, 1.165) is 5.56 Å². The highest BCUT2D eigenvalue weighted by Crippen LogP contribution is 2.20. The van der Waals surface area contributed by atoms with Crippen molar-refractivity contribution in [3.63, 3.8) is 0 Å². The van der Waals surface area contributed by atoms with Crippen LogP contribution < -0.4 is 5.32 Å². The molecule has 4 aromatic rings. The molecular formula is C21H20N6O3. The van der Waals surface area contributed by atoms with E-state index in [1.54, 1.807) is 24.0 Å². The number of anilines is 1. The highest BCUT2D eigenvalue weighted by atomic mass is 16.6. The number of nitro groups is 1. The van der Waals surface area contributed by atoms with Gasteiger partial charge in [-0.15, -0.1) is 0 Å². The Kier molecular flexibility index (Phi) is 5.25. The van der Waals surface area contributed by atoms with E-state index in [2.05, 4.69) is 39.8 Å². The third-order valence-corrected chi connectivity index (χ3v) is 4.81. The maximum absolute atomic E-state index is 12.2. The number of aromatic nitrogens is 4. The van der Waals surface area contributed by atoms with E-state index in [4.69, 9.17) is 0 Å². The Bertz CT molecular complexity index is 1220. The van der Waals surface area contributed by atoms with Crippen LogP contribution in [-0.2, 0) is 17.9 Å². The van der Waals surface area contributed by atoms with Gasteiger partial charge in [0.05, 0.1) is 23.4 Å². The predicted octanol–water partition coefficient (Wildman–Crippen LogP) is 3.53. The van der Waals surface area contributed by atoms with Crippen molar-refractivity contribution in [1.29, 1.82) is 0 Å². The number of carbonyl (C=O) groups is 1. The van der Waals surface area contributed by atoms with Crippen molar-refractivity contribution in [3.8, 4) is 0 Å². The fourth-order valence-corrected chi connectivity index (χ4v) is 3.36. The van der Waals surface area contributed by atoms with Crippen molar-refractivity contribution >= 4 is 28.1 Å². The lowest BCUT2D eigenvalue weighted by Crippen LogP contribution is -2.14. The quantitative estimate of drug-likeness (QED) is 0.374. The summed E-state index contributed by atoms with van der Waals surface area (Å²) in [5.41, 5.74) is 2.02. The molecule has 0 saturated carbocycles. The van der Waals surface area contributed by atoms with E-state index in [0.29, 0.717) is 17.9 Å². The molecule has 0 bridgehead atoms.